The van der Waals surface area contributed by atoms with Crippen LogP contribution >= 0.6 is 0 Å². The van der Waals surface area contributed by atoms with E-state index >= 15 is 0 Å². The van der Waals surface area contributed by atoms with Crippen LogP contribution in [0.15, 0.2) is 35.9 Å². The highest BCUT2D eigenvalue weighted by Crippen LogP contribution is 2.11. The third-order valence-corrected chi connectivity index (χ3v) is 3.13. The first kappa shape index (κ1) is 18.4. The van der Waals surface area contributed by atoms with Gasteiger partial charge >= 0.3 is 17.9 Å². The minimum atomic E-state index is -0.637. The maximum atomic E-state index is 11.9. The van der Waals surface area contributed by atoms with Gasteiger partial charge in [0.1, 0.15) is 0 Å². The van der Waals surface area contributed by atoms with E-state index in [1.807, 2.05) is 19.1 Å². The first-order chi connectivity index (χ1) is 11.0. The molecule has 0 bridgehead atoms. The number of aryl methyl sites for hydroxylation is 1. The van der Waals surface area contributed by atoms with Gasteiger partial charge in [-0.05, 0) is 31.4 Å². The Labute approximate surface area is 135 Å². The molecule has 0 spiro atoms. The van der Waals surface area contributed by atoms with E-state index in [1.165, 1.54) is 14.2 Å². The van der Waals surface area contributed by atoms with Crippen LogP contribution in [-0.2, 0) is 23.8 Å². The first-order valence-electron chi connectivity index (χ1n) is 7.09. The molecule has 6 nitrogen and oxygen atoms in total. The van der Waals surface area contributed by atoms with Crippen molar-refractivity contribution in [2.75, 3.05) is 20.8 Å². The van der Waals surface area contributed by atoms with Gasteiger partial charge in [-0.25, -0.2) is 14.4 Å². The molecule has 0 aliphatic carbocycles. The zero-order valence-electron chi connectivity index (χ0n) is 13.5. The second-order valence-electron chi connectivity index (χ2n) is 4.74. The number of hydrogen-bond acceptors (Lipinski definition) is 6. The van der Waals surface area contributed by atoms with E-state index in [9.17, 15) is 14.4 Å². The van der Waals surface area contributed by atoms with Gasteiger partial charge in [0.05, 0.1) is 26.4 Å². The third-order valence-electron chi connectivity index (χ3n) is 3.13. The second kappa shape index (κ2) is 9.40. The van der Waals surface area contributed by atoms with Gasteiger partial charge in [0.15, 0.2) is 0 Å². The molecule has 0 saturated carbocycles. The molecule has 0 unspecified atom stereocenters. The zero-order valence-corrected chi connectivity index (χ0v) is 13.5. The molecule has 0 radical (unpaired) electrons. The molecule has 0 amide bonds. The molecular weight excluding hydrogens is 300 g/mol. The van der Waals surface area contributed by atoms with Crippen molar-refractivity contribution in [2.24, 2.45) is 0 Å². The van der Waals surface area contributed by atoms with Crippen molar-refractivity contribution in [1.29, 1.82) is 0 Å². The fourth-order valence-electron chi connectivity index (χ4n) is 1.87. The molecule has 0 heterocycles. The summed E-state index contributed by atoms with van der Waals surface area (Å²) in [6, 6.07) is 7.12. The molecular formula is C17H20O6. The van der Waals surface area contributed by atoms with Crippen LogP contribution in [0.3, 0.4) is 0 Å². The lowest BCUT2D eigenvalue weighted by Gasteiger charge is -2.08. The van der Waals surface area contributed by atoms with Crippen molar-refractivity contribution in [3.05, 3.63) is 47.0 Å². The van der Waals surface area contributed by atoms with Crippen LogP contribution in [0.25, 0.3) is 0 Å². The maximum absolute atomic E-state index is 11.9. The van der Waals surface area contributed by atoms with E-state index in [2.05, 4.69) is 9.47 Å². The Morgan fingerprint density at radius 1 is 1.09 bits per heavy atom. The van der Waals surface area contributed by atoms with Crippen molar-refractivity contribution >= 4 is 17.9 Å². The van der Waals surface area contributed by atoms with Crippen LogP contribution in [0, 0.1) is 6.92 Å². The molecule has 0 aromatic heterocycles. The topological polar surface area (TPSA) is 78.9 Å². The smallest absolute Gasteiger partial charge is 0.338 e. The molecule has 0 N–H and O–H groups in total. The SMILES string of the molecule is COC(=O)/C=C(\CCCOC(=O)c1ccccc1C)C(=O)OC. The van der Waals surface area contributed by atoms with Gasteiger partial charge < -0.3 is 14.2 Å². The summed E-state index contributed by atoms with van der Waals surface area (Å²) in [4.78, 5) is 34.7. The van der Waals surface area contributed by atoms with Crippen LogP contribution in [0.4, 0.5) is 0 Å². The first-order valence-corrected chi connectivity index (χ1v) is 7.09. The lowest BCUT2D eigenvalue weighted by Crippen LogP contribution is -2.11. The van der Waals surface area contributed by atoms with Crippen molar-refractivity contribution in [1.82, 2.24) is 0 Å². The predicted octanol–water partition coefficient (Wildman–Crippen LogP) is 2.20. The summed E-state index contributed by atoms with van der Waals surface area (Å²) < 4.78 is 14.3. The lowest BCUT2D eigenvalue weighted by molar-refractivity contribution is -0.138. The number of carbonyl (C=O) groups excluding carboxylic acids is 3. The number of hydrogen-bond donors (Lipinski definition) is 0. The summed E-state index contributed by atoms with van der Waals surface area (Å²) in [5.74, 6) is -1.66. The summed E-state index contributed by atoms with van der Waals surface area (Å²) >= 11 is 0. The van der Waals surface area contributed by atoms with Crippen molar-refractivity contribution in [3.8, 4) is 0 Å². The number of ether oxygens (including phenoxy) is 3. The van der Waals surface area contributed by atoms with Crippen LogP contribution in [0.1, 0.15) is 28.8 Å². The Morgan fingerprint density at radius 3 is 2.39 bits per heavy atom. The van der Waals surface area contributed by atoms with Crippen molar-refractivity contribution in [2.45, 2.75) is 19.8 Å². The number of esters is 3. The molecule has 1 rings (SSSR count). The number of rotatable bonds is 7. The van der Waals surface area contributed by atoms with E-state index in [4.69, 9.17) is 4.74 Å². The van der Waals surface area contributed by atoms with E-state index in [0.29, 0.717) is 12.0 Å². The Kier molecular flexibility index (Phi) is 7.53. The highest BCUT2D eigenvalue weighted by molar-refractivity contribution is 5.96. The molecule has 0 aliphatic rings. The molecule has 0 atom stereocenters. The summed E-state index contributed by atoms with van der Waals surface area (Å²) in [6.45, 7) is 1.95. The molecule has 1 aromatic carbocycles. The molecule has 0 aliphatic heterocycles. The van der Waals surface area contributed by atoms with Gasteiger partial charge in [-0.2, -0.15) is 0 Å². The maximum Gasteiger partial charge on any atom is 0.338 e. The highest BCUT2D eigenvalue weighted by Gasteiger charge is 2.13. The highest BCUT2D eigenvalue weighted by atomic mass is 16.5. The van der Waals surface area contributed by atoms with Gasteiger partial charge in [0.2, 0.25) is 0 Å². The van der Waals surface area contributed by atoms with Gasteiger partial charge in [-0.15, -0.1) is 0 Å². The Morgan fingerprint density at radius 2 is 1.78 bits per heavy atom. The average molecular weight is 320 g/mol. The Bertz CT molecular complexity index is 603. The predicted molar refractivity (Wildman–Crippen MR) is 82.8 cm³/mol. The van der Waals surface area contributed by atoms with E-state index in [-0.39, 0.29) is 18.6 Å². The van der Waals surface area contributed by atoms with Crippen LogP contribution in [0.5, 0.6) is 0 Å². The number of carbonyl (C=O) groups is 3. The molecule has 23 heavy (non-hydrogen) atoms. The van der Waals surface area contributed by atoms with Gasteiger partial charge in [-0.1, -0.05) is 18.2 Å². The average Bonchev–Trinajstić information content (AvgIpc) is 2.56. The molecule has 0 saturated heterocycles. The minimum Gasteiger partial charge on any atom is -0.466 e. The Balaban J connectivity index is 2.53. The fraction of sp³-hybridized carbons (Fsp3) is 0.353. The van der Waals surface area contributed by atoms with E-state index in [1.54, 1.807) is 12.1 Å². The molecule has 0 fully saturated rings. The zero-order chi connectivity index (χ0) is 17.2. The van der Waals surface area contributed by atoms with Gasteiger partial charge in [0, 0.05) is 11.6 Å². The standard InChI is InChI=1S/C17H20O6/c1-12-7-4-5-9-14(12)17(20)23-10-6-8-13(16(19)22-3)11-15(18)21-2/h4-5,7,9,11H,6,8,10H2,1-3H3/b13-11+. The molecule has 1 aromatic rings. The quantitative estimate of drug-likeness (QED) is 0.332. The van der Waals surface area contributed by atoms with Crippen molar-refractivity contribution < 1.29 is 28.6 Å². The number of methoxy groups -OCH3 is 2. The summed E-state index contributed by atoms with van der Waals surface area (Å²) in [6.07, 6.45) is 1.70. The summed E-state index contributed by atoms with van der Waals surface area (Å²) in [7, 11) is 2.45. The van der Waals surface area contributed by atoms with E-state index in [0.717, 1.165) is 11.6 Å². The lowest BCUT2D eigenvalue weighted by atomic mass is 10.1. The van der Waals surface area contributed by atoms with Crippen LogP contribution < -0.4 is 0 Å². The van der Waals surface area contributed by atoms with Gasteiger partial charge in [0.25, 0.3) is 0 Å². The third kappa shape index (κ3) is 5.94. The normalized spacial score (nSPS) is 10.8. The van der Waals surface area contributed by atoms with E-state index < -0.39 is 17.9 Å². The molecule has 124 valence electrons. The summed E-state index contributed by atoms with van der Waals surface area (Å²) in [5, 5.41) is 0. The van der Waals surface area contributed by atoms with Crippen LogP contribution in [-0.4, -0.2) is 38.7 Å². The van der Waals surface area contributed by atoms with Crippen LogP contribution in [0.2, 0.25) is 0 Å². The minimum absolute atomic E-state index is 0.128. The monoisotopic (exact) mass is 320 g/mol. The Hall–Kier alpha value is -2.63. The fourth-order valence-corrected chi connectivity index (χ4v) is 1.87. The van der Waals surface area contributed by atoms with Crippen molar-refractivity contribution in [3.63, 3.8) is 0 Å². The van der Waals surface area contributed by atoms with Gasteiger partial charge in [-0.3, -0.25) is 0 Å². The number of benzene rings is 1. The second-order valence-corrected chi connectivity index (χ2v) is 4.74. The summed E-state index contributed by atoms with van der Waals surface area (Å²) in [5.41, 5.74) is 1.51. The largest absolute Gasteiger partial charge is 0.466 e. The molecule has 6 heteroatoms.